The van der Waals surface area contributed by atoms with Gasteiger partial charge in [0, 0.05) is 25.5 Å². The number of nitrogens with zero attached hydrogens (tertiary/aromatic N) is 2. The Balaban J connectivity index is 2.23. The van der Waals surface area contributed by atoms with Crippen LogP contribution >= 0.6 is 17.3 Å². The maximum Gasteiger partial charge on any atom is 0.0303 e. The second-order valence-corrected chi connectivity index (χ2v) is 4.61. The van der Waals surface area contributed by atoms with Crippen molar-refractivity contribution in [3.63, 3.8) is 0 Å². The first kappa shape index (κ1) is 8.56. The van der Waals surface area contributed by atoms with Crippen LogP contribution in [0.4, 0.5) is 0 Å². The highest BCUT2D eigenvalue weighted by atomic mass is 32.0. The molecule has 0 fully saturated rings. The zero-order chi connectivity index (χ0) is 8.39. The van der Waals surface area contributed by atoms with Gasteiger partial charge in [-0.2, -0.15) is 0 Å². The van der Waals surface area contributed by atoms with Crippen molar-refractivity contribution in [1.29, 1.82) is 0 Å². The summed E-state index contributed by atoms with van der Waals surface area (Å²) >= 11 is 0. The lowest BCUT2D eigenvalue weighted by atomic mass is 10.0. The molecule has 2 atom stereocenters. The number of aromatic nitrogens is 1. The average Bonchev–Trinajstić information content (AvgIpc) is 2.17. The van der Waals surface area contributed by atoms with Gasteiger partial charge in [0.2, 0.25) is 0 Å². The summed E-state index contributed by atoms with van der Waals surface area (Å²) in [6, 6.07) is 2.13. The molecule has 0 amide bonds. The molecule has 1 aromatic heterocycles. The van der Waals surface area contributed by atoms with E-state index in [0.29, 0.717) is 0 Å². The minimum absolute atomic E-state index is 0.849. The van der Waals surface area contributed by atoms with Crippen LogP contribution in [0.25, 0.3) is 0 Å². The Hall–Kier alpha value is -0.0300. The van der Waals surface area contributed by atoms with Crippen LogP contribution in [-0.2, 0) is 13.0 Å². The number of pyridine rings is 1. The van der Waals surface area contributed by atoms with Crippen LogP contribution in [0.2, 0.25) is 0 Å². The van der Waals surface area contributed by atoms with E-state index < -0.39 is 0 Å². The molecule has 0 bridgehead atoms. The quantitative estimate of drug-likeness (QED) is 0.640. The van der Waals surface area contributed by atoms with E-state index >= 15 is 0 Å². The fourth-order valence-electron chi connectivity index (χ4n) is 1.49. The summed E-state index contributed by atoms with van der Waals surface area (Å²) in [5, 5.41) is 0. The highest BCUT2D eigenvalue weighted by molar-refractivity contribution is 8.01. The summed E-state index contributed by atoms with van der Waals surface area (Å²) in [6.07, 6.45) is 5.04. The minimum Gasteiger partial charge on any atom is -0.277 e. The largest absolute Gasteiger partial charge is 0.277 e. The standard InChI is InChI=1S/C8H12N2P2/c11-12-10-4-2-7-5-9-3-1-8(7)6-10/h1,3,5,12H,2,4,6,11H2. The van der Waals surface area contributed by atoms with Gasteiger partial charge in [-0.15, -0.1) is 0 Å². The second kappa shape index (κ2) is 3.79. The Kier molecular flexibility index (Phi) is 2.70. The second-order valence-electron chi connectivity index (χ2n) is 2.95. The van der Waals surface area contributed by atoms with Crippen molar-refractivity contribution in [1.82, 2.24) is 9.65 Å². The molecule has 0 radical (unpaired) electrons. The number of hydrogen-bond donors (Lipinski definition) is 0. The molecule has 1 aromatic rings. The molecule has 1 aliphatic heterocycles. The van der Waals surface area contributed by atoms with E-state index in [-0.39, 0.29) is 0 Å². The van der Waals surface area contributed by atoms with E-state index in [2.05, 4.69) is 24.6 Å². The zero-order valence-corrected chi connectivity index (χ0v) is 8.98. The molecule has 0 spiro atoms. The fraction of sp³-hybridized carbons (Fsp3) is 0.375. The lowest BCUT2D eigenvalue weighted by Gasteiger charge is -2.26. The lowest BCUT2D eigenvalue weighted by Crippen LogP contribution is -2.22. The third kappa shape index (κ3) is 1.66. The third-order valence-corrected chi connectivity index (χ3v) is 4.04. The van der Waals surface area contributed by atoms with Crippen molar-refractivity contribution < 1.29 is 0 Å². The summed E-state index contributed by atoms with van der Waals surface area (Å²) in [7, 11) is 3.65. The maximum absolute atomic E-state index is 4.13. The van der Waals surface area contributed by atoms with Gasteiger partial charge in [0.15, 0.2) is 0 Å². The molecule has 0 saturated heterocycles. The molecule has 0 N–H and O–H groups in total. The minimum atomic E-state index is 0.849. The van der Waals surface area contributed by atoms with Crippen molar-refractivity contribution in [2.75, 3.05) is 6.54 Å². The molecule has 0 aliphatic carbocycles. The Morgan fingerprint density at radius 2 is 2.42 bits per heavy atom. The Labute approximate surface area is 76.7 Å². The van der Waals surface area contributed by atoms with Gasteiger partial charge in [-0.25, -0.2) is 0 Å². The lowest BCUT2D eigenvalue weighted by molar-refractivity contribution is 0.440. The van der Waals surface area contributed by atoms with Crippen molar-refractivity contribution in [2.45, 2.75) is 13.0 Å². The van der Waals surface area contributed by atoms with E-state index in [1.165, 1.54) is 17.7 Å². The van der Waals surface area contributed by atoms with Gasteiger partial charge in [0.25, 0.3) is 0 Å². The monoisotopic (exact) mass is 198 g/mol. The molecular formula is C8H12N2P2. The van der Waals surface area contributed by atoms with E-state index in [1.807, 2.05) is 12.4 Å². The molecular weight excluding hydrogens is 186 g/mol. The topological polar surface area (TPSA) is 16.1 Å². The first-order valence-corrected chi connectivity index (χ1v) is 6.79. The summed E-state index contributed by atoms with van der Waals surface area (Å²) < 4.78 is 2.45. The van der Waals surface area contributed by atoms with Gasteiger partial charge in [0.1, 0.15) is 0 Å². The van der Waals surface area contributed by atoms with Gasteiger partial charge in [0.05, 0.1) is 0 Å². The normalized spacial score (nSPS) is 18.4. The van der Waals surface area contributed by atoms with E-state index in [0.717, 1.165) is 21.4 Å². The summed E-state index contributed by atoms with van der Waals surface area (Å²) in [6.45, 7) is 2.28. The van der Waals surface area contributed by atoms with Gasteiger partial charge < -0.3 is 0 Å². The average molecular weight is 198 g/mol. The first-order valence-electron chi connectivity index (χ1n) is 4.03. The Bertz CT molecular complexity index is 278. The molecule has 4 heteroatoms. The SMILES string of the molecule is PPN1CCc2cnccc2C1. The van der Waals surface area contributed by atoms with Crippen molar-refractivity contribution in [3.8, 4) is 0 Å². The van der Waals surface area contributed by atoms with Gasteiger partial charge in [-0.05, 0) is 32.0 Å². The molecule has 2 rings (SSSR count). The van der Waals surface area contributed by atoms with Crippen LogP contribution in [-0.4, -0.2) is 16.2 Å². The summed E-state index contributed by atoms with van der Waals surface area (Å²) in [5.74, 6) is 0. The fourth-order valence-corrected chi connectivity index (χ4v) is 2.65. The third-order valence-electron chi connectivity index (χ3n) is 2.20. The maximum atomic E-state index is 4.13. The molecule has 2 heterocycles. The zero-order valence-electron chi connectivity index (χ0n) is 6.83. The molecule has 1 aliphatic rings. The van der Waals surface area contributed by atoms with Crippen molar-refractivity contribution in [3.05, 3.63) is 29.6 Å². The highest BCUT2D eigenvalue weighted by Crippen LogP contribution is 2.31. The summed E-state index contributed by atoms with van der Waals surface area (Å²) in [4.78, 5) is 4.13. The van der Waals surface area contributed by atoms with Gasteiger partial charge in [-0.3, -0.25) is 9.65 Å². The number of rotatable bonds is 1. The van der Waals surface area contributed by atoms with Crippen molar-refractivity contribution >= 4 is 17.3 Å². The molecule has 0 saturated carbocycles. The van der Waals surface area contributed by atoms with Crippen molar-refractivity contribution in [2.24, 2.45) is 0 Å². The molecule has 0 aromatic carbocycles. The summed E-state index contributed by atoms with van der Waals surface area (Å²) in [5.41, 5.74) is 2.88. The molecule has 2 unspecified atom stereocenters. The van der Waals surface area contributed by atoms with E-state index in [9.17, 15) is 0 Å². The van der Waals surface area contributed by atoms with Gasteiger partial charge >= 0.3 is 0 Å². The smallest absolute Gasteiger partial charge is 0.0303 e. The Morgan fingerprint density at radius 1 is 1.50 bits per heavy atom. The van der Waals surface area contributed by atoms with Crippen LogP contribution in [0.3, 0.4) is 0 Å². The van der Waals surface area contributed by atoms with Crippen LogP contribution in [0.15, 0.2) is 18.5 Å². The van der Waals surface area contributed by atoms with E-state index in [4.69, 9.17) is 0 Å². The number of hydrogen-bond acceptors (Lipinski definition) is 2. The number of fused-ring (bicyclic) bond motifs is 1. The molecule has 12 heavy (non-hydrogen) atoms. The van der Waals surface area contributed by atoms with Crippen LogP contribution in [0.1, 0.15) is 11.1 Å². The van der Waals surface area contributed by atoms with Crippen LogP contribution < -0.4 is 0 Å². The van der Waals surface area contributed by atoms with E-state index in [1.54, 1.807) is 0 Å². The predicted octanol–water partition coefficient (Wildman–Crippen LogP) is 1.82. The first-order chi connectivity index (χ1) is 5.90. The van der Waals surface area contributed by atoms with Gasteiger partial charge in [-0.1, -0.05) is 8.93 Å². The molecule has 2 nitrogen and oxygen atoms in total. The molecule has 64 valence electrons. The Morgan fingerprint density at radius 3 is 3.25 bits per heavy atom. The van der Waals surface area contributed by atoms with Crippen LogP contribution in [0, 0.1) is 0 Å². The highest BCUT2D eigenvalue weighted by Gasteiger charge is 2.13. The van der Waals surface area contributed by atoms with Crippen LogP contribution in [0.5, 0.6) is 0 Å². The predicted molar refractivity (Wildman–Crippen MR) is 56.4 cm³/mol.